The van der Waals surface area contributed by atoms with E-state index in [0.717, 1.165) is 25.9 Å². The Morgan fingerprint density at radius 1 is 0.970 bits per heavy atom. The maximum Gasteiger partial charge on any atom is 0.270 e. The Kier molecular flexibility index (Phi) is 6.60. The first kappa shape index (κ1) is 23.8. The average molecular weight is 473 g/mol. The topological polar surface area (TPSA) is 65.9 Å². The Morgan fingerprint density at radius 3 is 2.24 bits per heavy atom. The Labute approximate surface area is 198 Å². The highest BCUT2D eigenvalue weighted by atomic mass is 32.2. The molecule has 0 saturated carbocycles. The first-order valence-electron chi connectivity index (χ1n) is 11.9. The van der Waals surface area contributed by atoms with Crippen molar-refractivity contribution >= 4 is 21.6 Å². The highest BCUT2D eigenvalue weighted by molar-refractivity contribution is 7.89. The van der Waals surface area contributed by atoms with Crippen molar-refractivity contribution in [1.82, 2.24) is 13.8 Å². The fourth-order valence-corrected chi connectivity index (χ4v) is 6.59. The van der Waals surface area contributed by atoms with E-state index in [9.17, 15) is 13.2 Å². The minimum Gasteiger partial charge on any atom is -0.369 e. The van der Waals surface area contributed by atoms with E-state index in [1.807, 2.05) is 4.90 Å². The van der Waals surface area contributed by atoms with Gasteiger partial charge in [-0.15, -0.1) is 0 Å². The van der Waals surface area contributed by atoms with Gasteiger partial charge in [-0.1, -0.05) is 19.1 Å². The molecule has 4 rings (SSSR count). The number of piperazine rings is 1. The van der Waals surface area contributed by atoms with Gasteiger partial charge in [0.2, 0.25) is 10.0 Å². The van der Waals surface area contributed by atoms with Gasteiger partial charge in [0.1, 0.15) is 10.6 Å². The summed E-state index contributed by atoms with van der Waals surface area (Å²) in [5.74, 6) is 0.552. The molecule has 8 heteroatoms. The number of carbonyl (C=O) groups excluding carboxylic acids is 1. The number of carbonyl (C=O) groups is 1. The zero-order valence-corrected chi connectivity index (χ0v) is 21.3. The molecule has 7 nitrogen and oxygen atoms in total. The minimum atomic E-state index is -3.68. The Hall–Kier alpha value is -2.32. The smallest absolute Gasteiger partial charge is 0.270 e. The summed E-state index contributed by atoms with van der Waals surface area (Å²) in [5, 5.41) is 0. The van der Waals surface area contributed by atoms with Gasteiger partial charge in [-0.2, -0.15) is 4.31 Å². The van der Waals surface area contributed by atoms with E-state index in [-0.39, 0.29) is 10.8 Å². The third-order valence-electron chi connectivity index (χ3n) is 7.55. The summed E-state index contributed by atoms with van der Waals surface area (Å²) in [6, 6.07) is 7.84. The number of anilines is 1. The number of piperidine rings is 1. The summed E-state index contributed by atoms with van der Waals surface area (Å²) in [4.78, 5) is 17.5. The molecule has 2 aromatic rings. The van der Waals surface area contributed by atoms with Crippen LogP contribution in [0.4, 0.5) is 5.69 Å². The van der Waals surface area contributed by atoms with Gasteiger partial charge in [-0.3, -0.25) is 4.79 Å². The van der Waals surface area contributed by atoms with Crippen LogP contribution >= 0.6 is 0 Å². The third-order valence-corrected chi connectivity index (χ3v) is 9.57. The third kappa shape index (κ3) is 4.43. The van der Waals surface area contributed by atoms with E-state index >= 15 is 0 Å². The largest absolute Gasteiger partial charge is 0.369 e. The van der Waals surface area contributed by atoms with Crippen molar-refractivity contribution in [3.63, 3.8) is 0 Å². The average Bonchev–Trinajstić information content (AvgIpc) is 3.11. The Balaban J connectivity index is 1.52. The van der Waals surface area contributed by atoms with Crippen molar-refractivity contribution in [3.8, 4) is 0 Å². The SMILES string of the molecule is Cc1cccc(N2CCN(S(=O)(=O)c3cc(C(=O)N4CCC(C)CC4)n(C)c3C)CC2)c1C. The molecular weight excluding hydrogens is 436 g/mol. The molecule has 0 N–H and O–H groups in total. The standard InChI is InChI=1S/C25H36N4O3S/c1-18-9-11-28(12-10-18)25(30)23-17-24(21(4)26(23)5)33(31,32)29-15-13-27(14-16-29)22-8-6-7-19(2)20(22)3/h6-8,17-18H,9-16H2,1-5H3. The normalized spacial score (nSPS) is 18.7. The molecule has 2 saturated heterocycles. The van der Waals surface area contributed by atoms with Crippen molar-refractivity contribution < 1.29 is 13.2 Å². The lowest BCUT2D eigenvalue weighted by atomic mass is 9.99. The second kappa shape index (κ2) is 9.14. The number of hydrogen-bond donors (Lipinski definition) is 0. The van der Waals surface area contributed by atoms with Gasteiger partial charge in [0.05, 0.1) is 0 Å². The maximum atomic E-state index is 13.5. The van der Waals surface area contributed by atoms with Crippen LogP contribution in [0, 0.1) is 26.7 Å². The van der Waals surface area contributed by atoms with Gasteiger partial charge in [0, 0.05) is 57.7 Å². The van der Waals surface area contributed by atoms with Crippen LogP contribution < -0.4 is 4.90 Å². The predicted octanol–water partition coefficient (Wildman–Crippen LogP) is 3.33. The highest BCUT2D eigenvalue weighted by Crippen LogP contribution is 2.28. The molecule has 0 radical (unpaired) electrons. The number of aromatic nitrogens is 1. The van der Waals surface area contributed by atoms with Gasteiger partial charge in [0.25, 0.3) is 5.91 Å². The molecule has 33 heavy (non-hydrogen) atoms. The minimum absolute atomic E-state index is 0.0753. The van der Waals surface area contributed by atoms with Crippen LogP contribution in [-0.2, 0) is 17.1 Å². The van der Waals surface area contributed by atoms with Crippen LogP contribution in [0.1, 0.15) is 47.1 Å². The molecule has 0 bridgehead atoms. The van der Waals surface area contributed by atoms with Gasteiger partial charge >= 0.3 is 0 Å². The van der Waals surface area contributed by atoms with Crippen molar-refractivity contribution in [2.24, 2.45) is 13.0 Å². The van der Waals surface area contributed by atoms with Crippen molar-refractivity contribution in [2.45, 2.75) is 45.4 Å². The zero-order chi connectivity index (χ0) is 23.9. The molecule has 3 heterocycles. The molecule has 1 aromatic heterocycles. The fraction of sp³-hybridized carbons (Fsp3) is 0.560. The van der Waals surface area contributed by atoms with E-state index in [2.05, 4.69) is 43.9 Å². The number of benzene rings is 1. The Morgan fingerprint density at radius 2 is 1.61 bits per heavy atom. The lowest BCUT2D eigenvalue weighted by Gasteiger charge is -2.36. The first-order valence-corrected chi connectivity index (χ1v) is 13.3. The van der Waals surface area contributed by atoms with Crippen molar-refractivity contribution in [1.29, 1.82) is 0 Å². The monoisotopic (exact) mass is 472 g/mol. The summed E-state index contributed by atoms with van der Waals surface area (Å²) in [6.07, 6.45) is 1.98. The molecule has 0 spiro atoms. The summed E-state index contributed by atoms with van der Waals surface area (Å²) in [6.45, 7) is 11.8. The van der Waals surface area contributed by atoms with E-state index in [0.29, 0.717) is 43.5 Å². The second-order valence-corrected chi connectivity index (χ2v) is 11.5. The summed E-state index contributed by atoms with van der Waals surface area (Å²) in [5.41, 5.74) is 4.72. The number of aryl methyl sites for hydroxylation is 1. The van der Waals surface area contributed by atoms with Crippen LogP contribution in [0.3, 0.4) is 0 Å². The van der Waals surface area contributed by atoms with Crippen LogP contribution in [0.15, 0.2) is 29.2 Å². The number of nitrogens with zero attached hydrogens (tertiary/aromatic N) is 4. The Bertz CT molecular complexity index is 1140. The second-order valence-electron chi connectivity index (χ2n) is 9.62. The number of sulfonamides is 1. The van der Waals surface area contributed by atoms with Crippen LogP contribution in [-0.4, -0.2) is 67.4 Å². The quantitative estimate of drug-likeness (QED) is 0.685. The van der Waals surface area contributed by atoms with Crippen molar-refractivity contribution in [3.05, 3.63) is 46.8 Å². The lowest BCUT2D eigenvalue weighted by Crippen LogP contribution is -2.49. The molecule has 1 aromatic carbocycles. The van der Waals surface area contributed by atoms with Gasteiger partial charge in [-0.25, -0.2) is 8.42 Å². The molecule has 0 unspecified atom stereocenters. The van der Waals surface area contributed by atoms with Crippen LogP contribution in [0.2, 0.25) is 0 Å². The molecule has 0 atom stereocenters. The number of likely N-dealkylation sites (tertiary alicyclic amines) is 1. The summed E-state index contributed by atoms with van der Waals surface area (Å²) < 4.78 is 30.4. The highest BCUT2D eigenvalue weighted by Gasteiger charge is 2.34. The number of rotatable bonds is 4. The van der Waals surface area contributed by atoms with E-state index in [4.69, 9.17) is 0 Å². The molecular formula is C25H36N4O3S. The van der Waals surface area contributed by atoms with E-state index < -0.39 is 10.0 Å². The number of hydrogen-bond acceptors (Lipinski definition) is 4. The maximum absolute atomic E-state index is 13.5. The summed E-state index contributed by atoms with van der Waals surface area (Å²) in [7, 11) is -1.89. The summed E-state index contributed by atoms with van der Waals surface area (Å²) >= 11 is 0. The molecule has 2 aliphatic rings. The van der Waals surface area contributed by atoms with Gasteiger partial charge in [-0.05, 0) is 62.8 Å². The van der Waals surface area contributed by atoms with Crippen LogP contribution in [0.25, 0.3) is 0 Å². The predicted molar refractivity (Wildman–Crippen MR) is 131 cm³/mol. The molecule has 180 valence electrons. The lowest BCUT2D eigenvalue weighted by molar-refractivity contribution is 0.0687. The van der Waals surface area contributed by atoms with E-state index in [1.165, 1.54) is 16.8 Å². The number of amides is 1. The molecule has 1 amide bonds. The molecule has 2 aliphatic heterocycles. The fourth-order valence-electron chi connectivity index (χ4n) is 4.90. The van der Waals surface area contributed by atoms with E-state index in [1.54, 1.807) is 28.9 Å². The molecule has 0 aliphatic carbocycles. The van der Waals surface area contributed by atoms with Crippen LogP contribution in [0.5, 0.6) is 0 Å². The van der Waals surface area contributed by atoms with Gasteiger partial charge in [0.15, 0.2) is 0 Å². The zero-order valence-electron chi connectivity index (χ0n) is 20.5. The van der Waals surface area contributed by atoms with Gasteiger partial charge < -0.3 is 14.4 Å². The first-order chi connectivity index (χ1) is 15.6. The van der Waals surface area contributed by atoms with Crippen molar-refractivity contribution in [2.75, 3.05) is 44.2 Å². The molecule has 2 fully saturated rings.